The van der Waals surface area contributed by atoms with Crippen molar-refractivity contribution >= 4 is 34.6 Å². The van der Waals surface area contributed by atoms with Crippen LogP contribution in [-0.2, 0) is 20.7 Å². The van der Waals surface area contributed by atoms with E-state index in [1.807, 2.05) is 6.07 Å². The van der Waals surface area contributed by atoms with Crippen molar-refractivity contribution in [2.45, 2.75) is 12.5 Å². The number of fused-ring (bicyclic) bond motifs is 1. The van der Waals surface area contributed by atoms with Gasteiger partial charge in [0.2, 0.25) is 0 Å². The summed E-state index contributed by atoms with van der Waals surface area (Å²) in [7, 11) is 2.50. The van der Waals surface area contributed by atoms with Crippen molar-refractivity contribution in [2.75, 3.05) is 14.2 Å². The van der Waals surface area contributed by atoms with Crippen molar-refractivity contribution in [3.63, 3.8) is 0 Å². The van der Waals surface area contributed by atoms with Crippen LogP contribution in [0, 0.1) is 0 Å². The van der Waals surface area contributed by atoms with Gasteiger partial charge in [0.05, 0.1) is 14.2 Å². The van der Waals surface area contributed by atoms with E-state index in [-0.39, 0.29) is 6.42 Å². The average Bonchev–Trinajstić information content (AvgIpc) is 2.87. The number of benzene rings is 1. The van der Waals surface area contributed by atoms with Gasteiger partial charge in [0.1, 0.15) is 6.04 Å². The molecule has 0 aliphatic rings. The number of nitrogens with one attached hydrogen (secondary N) is 2. The maximum atomic E-state index is 11.8. The normalized spacial score (nSPS) is 12.0. The number of carbonyl (C=O) groups is 2. The van der Waals surface area contributed by atoms with E-state index in [1.54, 1.807) is 18.3 Å². The molecule has 21 heavy (non-hydrogen) atoms. The molecule has 0 saturated heterocycles. The Labute approximate surface area is 126 Å². The number of alkyl carbamates (subject to hydrolysis) is 1. The molecule has 7 heteroatoms. The molecular formula is C14H15ClN2O4. The van der Waals surface area contributed by atoms with E-state index in [9.17, 15) is 9.59 Å². The van der Waals surface area contributed by atoms with Crippen molar-refractivity contribution in [3.05, 3.63) is 35.0 Å². The Morgan fingerprint density at radius 2 is 2.10 bits per heavy atom. The summed E-state index contributed by atoms with van der Waals surface area (Å²) < 4.78 is 9.21. The number of aromatic nitrogens is 1. The van der Waals surface area contributed by atoms with Gasteiger partial charge in [0.15, 0.2) is 0 Å². The zero-order chi connectivity index (χ0) is 15.4. The first-order valence-corrected chi connectivity index (χ1v) is 6.60. The summed E-state index contributed by atoms with van der Waals surface area (Å²) in [5.41, 5.74) is 1.75. The van der Waals surface area contributed by atoms with E-state index in [4.69, 9.17) is 16.3 Å². The van der Waals surface area contributed by atoms with Gasteiger partial charge in [-0.15, -0.1) is 0 Å². The van der Waals surface area contributed by atoms with E-state index >= 15 is 0 Å². The minimum atomic E-state index is -0.833. The number of hydrogen-bond donors (Lipinski definition) is 2. The summed E-state index contributed by atoms with van der Waals surface area (Å²) in [6, 6.07) is 4.59. The molecule has 2 rings (SSSR count). The molecule has 6 nitrogen and oxygen atoms in total. The SMILES string of the molecule is COC(=O)NC(Cc1c[nH]c2ccc(Cl)cc12)C(=O)OC. The van der Waals surface area contributed by atoms with Crippen LogP contribution < -0.4 is 5.32 Å². The van der Waals surface area contributed by atoms with Gasteiger partial charge in [-0.2, -0.15) is 0 Å². The molecule has 2 N–H and O–H groups in total. The first-order valence-electron chi connectivity index (χ1n) is 6.23. The Morgan fingerprint density at radius 1 is 1.33 bits per heavy atom. The van der Waals surface area contributed by atoms with Crippen LogP contribution in [0.3, 0.4) is 0 Å². The second-order valence-electron chi connectivity index (χ2n) is 4.42. The monoisotopic (exact) mass is 310 g/mol. The van der Waals surface area contributed by atoms with Gasteiger partial charge in [0.25, 0.3) is 0 Å². The lowest BCUT2D eigenvalue weighted by Crippen LogP contribution is -2.42. The number of halogens is 1. The molecule has 112 valence electrons. The minimum absolute atomic E-state index is 0.266. The van der Waals surface area contributed by atoms with Crippen LogP contribution in [0.1, 0.15) is 5.56 Å². The Hall–Kier alpha value is -2.21. The van der Waals surface area contributed by atoms with Crippen LogP contribution in [0.15, 0.2) is 24.4 Å². The highest BCUT2D eigenvalue weighted by molar-refractivity contribution is 6.31. The number of aromatic amines is 1. The van der Waals surface area contributed by atoms with Gasteiger partial charge < -0.3 is 19.8 Å². The van der Waals surface area contributed by atoms with Gasteiger partial charge in [-0.3, -0.25) is 0 Å². The van der Waals surface area contributed by atoms with E-state index in [1.165, 1.54) is 14.2 Å². The average molecular weight is 311 g/mol. The third-order valence-corrected chi connectivity index (χ3v) is 3.35. The second kappa shape index (κ2) is 6.49. The molecule has 0 spiro atoms. The fraction of sp³-hybridized carbons (Fsp3) is 0.286. The van der Waals surface area contributed by atoms with Gasteiger partial charge >= 0.3 is 12.1 Å². The first kappa shape index (κ1) is 15.2. The lowest BCUT2D eigenvalue weighted by molar-refractivity contribution is -0.142. The molecule has 1 unspecified atom stereocenters. The molecule has 0 saturated carbocycles. The zero-order valence-electron chi connectivity index (χ0n) is 11.6. The number of amides is 1. The summed E-state index contributed by atoms with van der Waals surface area (Å²) in [6.45, 7) is 0. The predicted octanol–water partition coefficient (Wildman–Crippen LogP) is 2.26. The van der Waals surface area contributed by atoms with Crippen LogP contribution in [0.25, 0.3) is 10.9 Å². The van der Waals surface area contributed by atoms with Crippen LogP contribution in [-0.4, -0.2) is 37.3 Å². The van der Waals surface area contributed by atoms with Gasteiger partial charge in [-0.05, 0) is 23.8 Å². The fourth-order valence-electron chi connectivity index (χ4n) is 2.08. The van der Waals surface area contributed by atoms with Gasteiger partial charge in [-0.1, -0.05) is 11.6 Å². The van der Waals surface area contributed by atoms with Crippen molar-refractivity contribution in [2.24, 2.45) is 0 Å². The van der Waals surface area contributed by atoms with Gasteiger partial charge in [0, 0.05) is 28.5 Å². The molecule has 1 aromatic heterocycles. The smallest absolute Gasteiger partial charge is 0.407 e. The lowest BCUT2D eigenvalue weighted by Gasteiger charge is -2.15. The van der Waals surface area contributed by atoms with Crippen LogP contribution in [0.2, 0.25) is 5.02 Å². The minimum Gasteiger partial charge on any atom is -0.467 e. The summed E-state index contributed by atoms with van der Waals surface area (Å²) in [6.07, 6.45) is 1.35. The molecule has 0 fully saturated rings. The van der Waals surface area contributed by atoms with E-state index < -0.39 is 18.1 Å². The highest BCUT2D eigenvalue weighted by Gasteiger charge is 2.23. The number of rotatable bonds is 4. The second-order valence-corrected chi connectivity index (χ2v) is 4.86. The molecule has 2 aromatic rings. The molecule has 0 radical (unpaired) electrons. The van der Waals surface area contributed by atoms with E-state index in [0.717, 1.165) is 16.5 Å². The zero-order valence-corrected chi connectivity index (χ0v) is 12.4. The maximum absolute atomic E-state index is 11.8. The Balaban J connectivity index is 2.27. The Morgan fingerprint density at radius 3 is 2.76 bits per heavy atom. The third-order valence-electron chi connectivity index (χ3n) is 3.12. The molecule has 1 aromatic carbocycles. The van der Waals surface area contributed by atoms with Crippen molar-refractivity contribution in [3.8, 4) is 0 Å². The highest BCUT2D eigenvalue weighted by atomic mass is 35.5. The standard InChI is InChI=1S/C14H15ClN2O4/c1-20-13(18)12(17-14(19)21-2)5-8-7-16-11-4-3-9(15)6-10(8)11/h3-4,6-7,12,16H,5H2,1-2H3,(H,17,19). The predicted molar refractivity (Wildman–Crippen MR) is 78.4 cm³/mol. The maximum Gasteiger partial charge on any atom is 0.407 e. The summed E-state index contributed by atoms with van der Waals surface area (Å²) in [5, 5.41) is 3.94. The number of methoxy groups -OCH3 is 2. The molecule has 1 heterocycles. The van der Waals surface area contributed by atoms with Crippen LogP contribution in [0.5, 0.6) is 0 Å². The first-order chi connectivity index (χ1) is 10.0. The van der Waals surface area contributed by atoms with Crippen LogP contribution >= 0.6 is 11.6 Å². The quantitative estimate of drug-likeness (QED) is 0.849. The number of H-pyrrole nitrogens is 1. The van der Waals surface area contributed by atoms with E-state index in [0.29, 0.717) is 5.02 Å². The number of carbonyl (C=O) groups excluding carboxylic acids is 2. The molecule has 1 amide bonds. The molecule has 0 bridgehead atoms. The highest BCUT2D eigenvalue weighted by Crippen LogP contribution is 2.23. The molecule has 0 aliphatic carbocycles. The number of ether oxygens (including phenoxy) is 2. The van der Waals surface area contributed by atoms with Crippen molar-refractivity contribution in [1.29, 1.82) is 0 Å². The molecule has 1 atom stereocenters. The summed E-state index contributed by atoms with van der Waals surface area (Å²) in [5.74, 6) is -0.545. The van der Waals surface area contributed by atoms with Crippen molar-refractivity contribution < 1.29 is 19.1 Å². The molecule has 0 aliphatic heterocycles. The van der Waals surface area contributed by atoms with Crippen LogP contribution in [0.4, 0.5) is 4.79 Å². The topological polar surface area (TPSA) is 80.4 Å². The number of esters is 1. The fourth-order valence-corrected chi connectivity index (χ4v) is 2.25. The summed E-state index contributed by atoms with van der Waals surface area (Å²) in [4.78, 5) is 26.2. The largest absolute Gasteiger partial charge is 0.467 e. The Kier molecular flexibility index (Phi) is 4.70. The third kappa shape index (κ3) is 3.46. The summed E-state index contributed by atoms with van der Waals surface area (Å²) >= 11 is 5.99. The lowest BCUT2D eigenvalue weighted by atomic mass is 10.1. The molecular weight excluding hydrogens is 296 g/mol. The Bertz CT molecular complexity index is 668. The van der Waals surface area contributed by atoms with Crippen molar-refractivity contribution in [1.82, 2.24) is 10.3 Å². The van der Waals surface area contributed by atoms with Gasteiger partial charge in [-0.25, -0.2) is 9.59 Å². The number of hydrogen-bond acceptors (Lipinski definition) is 4. The van der Waals surface area contributed by atoms with E-state index in [2.05, 4.69) is 15.0 Å².